The molecular weight excluding hydrogens is 360 g/mol. The molecule has 0 radical (unpaired) electrons. The number of benzene rings is 1. The summed E-state index contributed by atoms with van der Waals surface area (Å²) in [6.45, 7) is 2.26. The predicted molar refractivity (Wildman–Crippen MR) is 87.2 cm³/mol. The lowest BCUT2D eigenvalue weighted by Crippen LogP contribution is -2.29. The number of rotatable bonds is 1. The second-order valence-electron chi connectivity index (χ2n) is 4.34. The topological polar surface area (TPSA) is 57.9 Å². The number of nitrogens with two attached hydrogens (primary N) is 1. The van der Waals surface area contributed by atoms with Crippen LogP contribution in [0.3, 0.4) is 0 Å². The first kappa shape index (κ1) is 15.3. The minimum atomic E-state index is 0. The highest BCUT2D eigenvalue weighted by Gasteiger charge is 2.15. The molecule has 1 fully saturated rings. The first-order valence-electron chi connectivity index (χ1n) is 5.84. The lowest BCUT2D eigenvalue weighted by atomic mass is 10.1. The Bertz CT molecular complexity index is 506. The van der Waals surface area contributed by atoms with Gasteiger partial charge < -0.3 is 15.6 Å². The van der Waals surface area contributed by atoms with Crippen molar-refractivity contribution in [2.75, 3.05) is 23.7 Å². The molecule has 100 valence electrons. The Kier molecular flexibility index (Phi) is 5.47. The van der Waals surface area contributed by atoms with Gasteiger partial charge in [-0.3, -0.25) is 0 Å². The Hall–Kier alpha value is -0.750. The molecule has 1 aliphatic rings. The van der Waals surface area contributed by atoms with E-state index in [0.29, 0.717) is 5.95 Å². The second kappa shape index (κ2) is 6.43. The molecule has 0 unspecified atom stereocenters. The van der Waals surface area contributed by atoms with Crippen molar-refractivity contribution < 1.29 is 0 Å². The zero-order valence-electron chi connectivity index (χ0n) is 10.1. The maximum Gasteiger partial charge on any atom is 0.198 e. The molecule has 1 aromatic carbocycles. The number of hydrogen-bond donors (Lipinski definition) is 2. The number of H-pyrrole nitrogens is 1. The van der Waals surface area contributed by atoms with Crippen LogP contribution < -0.4 is 10.6 Å². The number of aromatic amines is 1. The number of para-hydroxylation sites is 1. The van der Waals surface area contributed by atoms with E-state index in [-0.39, 0.29) is 34.0 Å². The fourth-order valence-electron chi connectivity index (χ4n) is 2.43. The molecule has 0 spiro atoms. The number of anilines is 2. The van der Waals surface area contributed by atoms with E-state index >= 15 is 0 Å². The molecule has 0 atom stereocenters. The van der Waals surface area contributed by atoms with Gasteiger partial charge in [0.05, 0.1) is 11.2 Å². The van der Waals surface area contributed by atoms with Crippen LogP contribution in [0.1, 0.15) is 19.3 Å². The maximum absolute atomic E-state index is 5.70. The van der Waals surface area contributed by atoms with E-state index in [1.54, 1.807) is 0 Å². The summed E-state index contributed by atoms with van der Waals surface area (Å²) < 4.78 is 0. The van der Waals surface area contributed by atoms with Crippen LogP contribution in [-0.4, -0.2) is 23.1 Å². The van der Waals surface area contributed by atoms with Crippen molar-refractivity contribution in [3.63, 3.8) is 0 Å². The molecule has 1 aliphatic heterocycles. The van der Waals surface area contributed by atoms with Gasteiger partial charge in [-0.15, -0.1) is 34.0 Å². The summed E-state index contributed by atoms with van der Waals surface area (Å²) in [5, 5.41) is 0. The van der Waals surface area contributed by atoms with Crippen LogP contribution in [0.15, 0.2) is 18.2 Å². The highest BCUT2D eigenvalue weighted by atomic mass is 79.9. The summed E-state index contributed by atoms with van der Waals surface area (Å²) in [7, 11) is 0. The molecule has 0 amide bonds. The lowest BCUT2D eigenvalue weighted by molar-refractivity contribution is 0.579. The molecule has 1 saturated heterocycles. The van der Waals surface area contributed by atoms with E-state index in [2.05, 4.69) is 27.0 Å². The largest absolute Gasteiger partial charge is 0.370 e. The summed E-state index contributed by atoms with van der Waals surface area (Å²) in [6.07, 6.45) is 3.89. The molecule has 0 aliphatic carbocycles. The van der Waals surface area contributed by atoms with E-state index in [1.165, 1.54) is 24.9 Å². The molecule has 1 aromatic heterocycles. The highest BCUT2D eigenvalue weighted by molar-refractivity contribution is 8.93. The van der Waals surface area contributed by atoms with Crippen LogP contribution in [-0.2, 0) is 0 Å². The van der Waals surface area contributed by atoms with Gasteiger partial charge in [-0.25, -0.2) is 4.98 Å². The average Bonchev–Trinajstić information content (AvgIpc) is 2.70. The fraction of sp³-hybridized carbons (Fsp3) is 0.417. The van der Waals surface area contributed by atoms with Crippen molar-refractivity contribution in [2.24, 2.45) is 0 Å². The monoisotopic (exact) mass is 376 g/mol. The summed E-state index contributed by atoms with van der Waals surface area (Å²) in [4.78, 5) is 9.86. The van der Waals surface area contributed by atoms with Gasteiger partial charge in [-0.05, 0) is 31.4 Å². The number of nitrogens with zero attached hydrogens (tertiary/aromatic N) is 2. The summed E-state index contributed by atoms with van der Waals surface area (Å²) in [6, 6.07) is 6.21. The fourth-order valence-corrected chi connectivity index (χ4v) is 2.43. The zero-order valence-corrected chi connectivity index (χ0v) is 13.5. The maximum atomic E-state index is 5.70. The molecule has 2 heterocycles. The van der Waals surface area contributed by atoms with Crippen LogP contribution in [0, 0.1) is 0 Å². The molecule has 18 heavy (non-hydrogen) atoms. The van der Waals surface area contributed by atoms with Gasteiger partial charge in [-0.1, -0.05) is 6.07 Å². The van der Waals surface area contributed by atoms with Gasteiger partial charge >= 0.3 is 0 Å². The van der Waals surface area contributed by atoms with Gasteiger partial charge in [-0.2, -0.15) is 0 Å². The van der Waals surface area contributed by atoms with Gasteiger partial charge in [0.15, 0.2) is 5.95 Å². The third-order valence-electron chi connectivity index (χ3n) is 3.21. The highest BCUT2D eigenvalue weighted by Crippen LogP contribution is 2.27. The zero-order chi connectivity index (χ0) is 11.0. The number of aromatic nitrogens is 2. The number of nitrogen functional groups attached to an aromatic ring is 1. The quantitative estimate of drug-likeness (QED) is 0.801. The standard InChI is InChI=1S/C12H16N4.2BrH/c13-12-14-9-5-4-6-10(11(9)15-12)16-7-2-1-3-8-16;;/h4-6H,1-3,7-8H2,(H3,13,14,15);2*1H. The average molecular weight is 378 g/mol. The Balaban J connectivity index is 0.000000810. The Morgan fingerprint density at radius 2 is 1.83 bits per heavy atom. The second-order valence-corrected chi connectivity index (χ2v) is 4.34. The van der Waals surface area contributed by atoms with Crippen molar-refractivity contribution in [3.8, 4) is 0 Å². The first-order valence-corrected chi connectivity index (χ1v) is 5.84. The van der Waals surface area contributed by atoms with E-state index in [4.69, 9.17) is 5.73 Å². The van der Waals surface area contributed by atoms with Crippen LogP contribution in [0.4, 0.5) is 11.6 Å². The van der Waals surface area contributed by atoms with E-state index in [1.807, 2.05) is 6.07 Å². The molecule has 6 heteroatoms. The van der Waals surface area contributed by atoms with Crippen LogP contribution >= 0.6 is 34.0 Å². The molecule has 0 bridgehead atoms. The van der Waals surface area contributed by atoms with E-state index in [9.17, 15) is 0 Å². The molecule has 3 N–H and O–H groups in total. The first-order chi connectivity index (χ1) is 7.84. The third-order valence-corrected chi connectivity index (χ3v) is 3.21. The molecule has 4 nitrogen and oxygen atoms in total. The number of fused-ring (bicyclic) bond motifs is 1. The summed E-state index contributed by atoms with van der Waals surface area (Å²) in [5.41, 5.74) is 8.95. The normalized spacial score (nSPS) is 15.0. The van der Waals surface area contributed by atoms with Crippen LogP contribution in [0.5, 0.6) is 0 Å². The third kappa shape index (κ3) is 2.80. The lowest BCUT2D eigenvalue weighted by Gasteiger charge is -2.28. The minimum absolute atomic E-state index is 0. The minimum Gasteiger partial charge on any atom is -0.370 e. The van der Waals surface area contributed by atoms with Gasteiger partial charge in [0.25, 0.3) is 0 Å². The van der Waals surface area contributed by atoms with Gasteiger partial charge in [0.2, 0.25) is 0 Å². The number of hydrogen-bond acceptors (Lipinski definition) is 3. The number of imidazole rings is 1. The SMILES string of the molecule is Br.Br.Nc1nc2c(N3CCCCC3)cccc2[nH]1. The molecule has 3 rings (SSSR count). The predicted octanol–water partition coefficient (Wildman–Crippen LogP) is 3.29. The van der Waals surface area contributed by atoms with Crippen LogP contribution in [0.25, 0.3) is 11.0 Å². The van der Waals surface area contributed by atoms with E-state index in [0.717, 1.165) is 24.1 Å². The van der Waals surface area contributed by atoms with Crippen molar-refractivity contribution in [2.45, 2.75) is 19.3 Å². The molecule has 0 saturated carbocycles. The Morgan fingerprint density at radius 3 is 2.56 bits per heavy atom. The Morgan fingerprint density at radius 1 is 1.11 bits per heavy atom. The summed E-state index contributed by atoms with van der Waals surface area (Å²) in [5.74, 6) is 0.499. The number of nitrogens with one attached hydrogen (secondary N) is 1. The van der Waals surface area contributed by atoms with Crippen molar-refractivity contribution in [1.82, 2.24) is 9.97 Å². The number of halogens is 2. The van der Waals surface area contributed by atoms with Gasteiger partial charge in [0.1, 0.15) is 5.52 Å². The van der Waals surface area contributed by atoms with Gasteiger partial charge in [0, 0.05) is 13.1 Å². The number of piperidine rings is 1. The van der Waals surface area contributed by atoms with E-state index < -0.39 is 0 Å². The molecule has 2 aromatic rings. The van der Waals surface area contributed by atoms with Crippen molar-refractivity contribution in [1.29, 1.82) is 0 Å². The molecular formula is C12H18Br2N4. The van der Waals surface area contributed by atoms with Crippen LogP contribution in [0.2, 0.25) is 0 Å². The Labute approximate surface area is 127 Å². The van der Waals surface area contributed by atoms with Crippen molar-refractivity contribution in [3.05, 3.63) is 18.2 Å². The van der Waals surface area contributed by atoms with Crippen molar-refractivity contribution >= 4 is 56.6 Å². The summed E-state index contributed by atoms with van der Waals surface area (Å²) >= 11 is 0. The smallest absolute Gasteiger partial charge is 0.198 e.